The van der Waals surface area contributed by atoms with Gasteiger partial charge in [0.2, 0.25) is 11.8 Å². The molecule has 24 heavy (non-hydrogen) atoms. The highest BCUT2D eigenvalue weighted by Gasteiger charge is 2.40. The van der Waals surface area contributed by atoms with E-state index < -0.39 is 17.7 Å². The van der Waals surface area contributed by atoms with Crippen molar-refractivity contribution in [3.8, 4) is 5.75 Å². The number of hydrogen-bond acceptors (Lipinski definition) is 3. The van der Waals surface area contributed by atoms with Gasteiger partial charge < -0.3 is 15.0 Å². The highest BCUT2D eigenvalue weighted by atomic mass is 19.1. The van der Waals surface area contributed by atoms with Crippen molar-refractivity contribution in [3.05, 3.63) is 29.8 Å². The van der Waals surface area contributed by atoms with Crippen LogP contribution in [0.15, 0.2) is 18.2 Å². The molecule has 2 aliphatic rings. The molecule has 0 bridgehead atoms. The molecule has 1 N–H and O–H groups in total. The molecule has 0 spiro atoms. The molecule has 1 aromatic rings. The molecule has 1 aromatic carbocycles. The van der Waals surface area contributed by atoms with Gasteiger partial charge in [-0.15, -0.1) is 0 Å². The number of halogens is 2. The monoisotopic (exact) mass is 338 g/mol. The first kappa shape index (κ1) is 16.7. The van der Waals surface area contributed by atoms with E-state index in [0.717, 1.165) is 31.4 Å². The Kier molecular flexibility index (Phi) is 4.97. The third-order valence-electron chi connectivity index (χ3n) is 4.32. The summed E-state index contributed by atoms with van der Waals surface area (Å²) >= 11 is 0. The quantitative estimate of drug-likeness (QED) is 0.806. The predicted molar refractivity (Wildman–Crippen MR) is 82.3 cm³/mol. The van der Waals surface area contributed by atoms with Crippen molar-refractivity contribution < 1.29 is 23.1 Å². The van der Waals surface area contributed by atoms with Crippen LogP contribution in [0, 0.1) is 17.6 Å². The molecule has 5 nitrogen and oxygen atoms in total. The topological polar surface area (TPSA) is 58.6 Å². The molecule has 3 rings (SSSR count). The Hall–Kier alpha value is -2.18. The van der Waals surface area contributed by atoms with Crippen molar-refractivity contribution >= 4 is 11.8 Å². The maximum atomic E-state index is 13.4. The standard InChI is InChI=1S/C17H20F2N2O3/c18-12-5-6-15(13(19)10-12)24-9-7-20-16(22)14-2-1-8-21(14)17(23)11-3-4-11/h5-6,10-11,14H,1-4,7-9H2,(H,20,22)/t14-/m1/s1. The summed E-state index contributed by atoms with van der Waals surface area (Å²) in [5.74, 6) is -1.53. The molecule has 130 valence electrons. The van der Waals surface area contributed by atoms with E-state index in [-0.39, 0.29) is 36.6 Å². The maximum Gasteiger partial charge on any atom is 0.242 e. The molecule has 1 heterocycles. The smallest absolute Gasteiger partial charge is 0.242 e. The zero-order valence-electron chi connectivity index (χ0n) is 13.3. The number of rotatable bonds is 6. The Morgan fingerprint density at radius 2 is 2.04 bits per heavy atom. The Labute approximate surface area is 139 Å². The van der Waals surface area contributed by atoms with E-state index in [0.29, 0.717) is 13.0 Å². The first-order chi connectivity index (χ1) is 11.6. The number of nitrogens with one attached hydrogen (secondary N) is 1. The second kappa shape index (κ2) is 7.15. The van der Waals surface area contributed by atoms with Crippen molar-refractivity contribution in [1.29, 1.82) is 0 Å². The fourth-order valence-corrected chi connectivity index (χ4v) is 2.91. The van der Waals surface area contributed by atoms with Crippen molar-refractivity contribution in [3.63, 3.8) is 0 Å². The summed E-state index contributed by atoms with van der Waals surface area (Å²) < 4.78 is 31.4. The number of carbonyl (C=O) groups excluding carboxylic acids is 2. The molecule has 1 aliphatic carbocycles. The number of nitrogens with zero attached hydrogens (tertiary/aromatic N) is 1. The minimum Gasteiger partial charge on any atom is -0.489 e. The van der Waals surface area contributed by atoms with Crippen LogP contribution >= 0.6 is 0 Å². The molecule has 1 saturated carbocycles. The summed E-state index contributed by atoms with van der Waals surface area (Å²) in [5.41, 5.74) is 0. The normalized spacial score (nSPS) is 20.1. The van der Waals surface area contributed by atoms with E-state index >= 15 is 0 Å². The predicted octanol–water partition coefficient (Wildman–Crippen LogP) is 1.86. The van der Waals surface area contributed by atoms with Crippen molar-refractivity contribution in [1.82, 2.24) is 10.2 Å². The number of hydrogen-bond donors (Lipinski definition) is 1. The van der Waals surface area contributed by atoms with Gasteiger partial charge in [0.1, 0.15) is 18.5 Å². The van der Waals surface area contributed by atoms with Gasteiger partial charge in [-0.2, -0.15) is 0 Å². The van der Waals surface area contributed by atoms with Crippen LogP contribution in [-0.2, 0) is 9.59 Å². The van der Waals surface area contributed by atoms with Crippen LogP contribution in [0.25, 0.3) is 0 Å². The van der Waals surface area contributed by atoms with Gasteiger partial charge in [0.15, 0.2) is 11.6 Å². The lowest BCUT2D eigenvalue weighted by Crippen LogP contribution is -2.47. The van der Waals surface area contributed by atoms with Crippen LogP contribution in [0.1, 0.15) is 25.7 Å². The Morgan fingerprint density at radius 1 is 1.25 bits per heavy atom. The summed E-state index contributed by atoms with van der Waals surface area (Å²) in [6.07, 6.45) is 3.33. The van der Waals surface area contributed by atoms with Gasteiger partial charge in [-0.25, -0.2) is 8.78 Å². The van der Waals surface area contributed by atoms with Crippen LogP contribution in [0.3, 0.4) is 0 Å². The summed E-state index contributed by atoms with van der Waals surface area (Å²) in [6, 6.07) is 2.64. The molecule has 1 saturated heterocycles. The Balaban J connectivity index is 1.44. The Bertz CT molecular complexity index is 634. The summed E-state index contributed by atoms with van der Waals surface area (Å²) in [6.45, 7) is 0.889. The number of amides is 2. The summed E-state index contributed by atoms with van der Waals surface area (Å²) in [7, 11) is 0. The largest absolute Gasteiger partial charge is 0.489 e. The van der Waals surface area contributed by atoms with Crippen LogP contribution < -0.4 is 10.1 Å². The van der Waals surface area contributed by atoms with Gasteiger partial charge in [-0.1, -0.05) is 0 Å². The third-order valence-corrected chi connectivity index (χ3v) is 4.32. The minimum absolute atomic E-state index is 0.0583. The molecular weight excluding hydrogens is 318 g/mol. The molecule has 7 heteroatoms. The van der Waals surface area contributed by atoms with Gasteiger partial charge in [-0.3, -0.25) is 9.59 Å². The van der Waals surface area contributed by atoms with E-state index in [4.69, 9.17) is 4.74 Å². The summed E-state index contributed by atoms with van der Waals surface area (Å²) in [5, 5.41) is 2.72. The minimum atomic E-state index is -0.779. The van der Waals surface area contributed by atoms with E-state index in [1.165, 1.54) is 6.07 Å². The second-order valence-corrected chi connectivity index (χ2v) is 6.18. The van der Waals surface area contributed by atoms with Crippen molar-refractivity contribution in [2.75, 3.05) is 19.7 Å². The van der Waals surface area contributed by atoms with E-state index in [1.807, 2.05) is 0 Å². The van der Waals surface area contributed by atoms with Crippen LogP contribution in [-0.4, -0.2) is 42.5 Å². The lowest BCUT2D eigenvalue weighted by molar-refractivity contribution is -0.139. The average molecular weight is 338 g/mol. The number of likely N-dealkylation sites (tertiary alicyclic amines) is 1. The van der Waals surface area contributed by atoms with Crippen LogP contribution in [0.4, 0.5) is 8.78 Å². The maximum absolute atomic E-state index is 13.4. The second-order valence-electron chi connectivity index (χ2n) is 6.18. The molecular formula is C17H20F2N2O3. The van der Waals surface area contributed by atoms with Gasteiger partial charge in [0.05, 0.1) is 6.54 Å². The molecule has 1 atom stereocenters. The van der Waals surface area contributed by atoms with E-state index in [1.54, 1.807) is 4.90 Å². The van der Waals surface area contributed by atoms with Gasteiger partial charge >= 0.3 is 0 Å². The molecule has 0 unspecified atom stereocenters. The number of ether oxygens (including phenoxy) is 1. The lowest BCUT2D eigenvalue weighted by atomic mass is 10.2. The van der Waals surface area contributed by atoms with Crippen LogP contribution in [0.5, 0.6) is 5.75 Å². The highest BCUT2D eigenvalue weighted by molar-refractivity contribution is 5.89. The first-order valence-corrected chi connectivity index (χ1v) is 8.22. The average Bonchev–Trinajstić information content (AvgIpc) is 3.29. The van der Waals surface area contributed by atoms with E-state index in [2.05, 4.69) is 5.32 Å². The van der Waals surface area contributed by atoms with Gasteiger partial charge in [0, 0.05) is 18.5 Å². The van der Waals surface area contributed by atoms with Crippen molar-refractivity contribution in [2.24, 2.45) is 5.92 Å². The van der Waals surface area contributed by atoms with Crippen LogP contribution in [0.2, 0.25) is 0 Å². The fraction of sp³-hybridized carbons (Fsp3) is 0.529. The van der Waals surface area contributed by atoms with Gasteiger partial charge in [-0.05, 0) is 37.8 Å². The zero-order chi connectivity index (χ0) is 17.1. The molecule has 2 amide bonds. The Morgan fingerprint density at radius 3 is 2.75 bits per heavy atom. The fourth-order valence-electron chi connectivity index (χ4n) is 2.91. The molecule has 0 radical (unpaired) electrons. The third kappa shape index (κ3) is 3.83. The van der Waals surface area contributed by atoms with Crippen molar-refractivity contribution in [2.45, 2.75) is 31.7 Å². The summed E-state index contributed by atoms with van der Waals surface area (Å²) in [4.78, 5) is 26.1. The van der Waals surface area contributed by atoms with Gasteiger partial charge in [0.25, 0.3) is 0 Å². The molecule has 1 aliphatic heterocycles. The first-order valence-electron chi connectivity index (χ1n) is 8.22. The van der Waals surface area contributed by atoms with E-state index in [9.17, 15) is 18.4 Å². The number of carbonyl (C=O) groups is 2. The SMILES string of the molecule is O=C(NCCOc1ccc(F)cc1F)[C@H]1CCCN1C(=O)C1CC1. The zero-order valence-corrected chi connectivity index (χ0v) is 13.3. The highest BCUT2D eigenvalue weighted by Crippen LogP contribution is 2.33. The molecule has 2 fully saturated rings. The molecule has 0 aromatic heterocycles. The lowest BCUT2D eigenvalue weighted by Gasteiger charge is -2.24. The number of benzene rings is 1.